The molecule has 2 N–H and O–H groups in total. The van der Waals surface area contributed by atoms with Crippen molar-refractivity contribution in [1.82, 2.24) is 15.1 Å². The molecule has 0 bridgehead atoms. The number of rotatable bonds is 6. The Morgan fingerprint density at radius 1 is 1.03 bits per heavy atom. The monoisotopic (exact) mass is 483 g/mol. The van der Waals surface area contributed by atoms with Gasteiger partial charge in [0.05, 0.1) is 30.6 Å². The molecule has 6 nitrogen and oxygen atoms in total. The summed E-state index contributed by atoms with van der Waals surface area (Å²) in [6, 6.07) is 19.2. The highest BCUT2D eigenvalue weighted by molar-refractivity contribution is 6.05. The van der Waals surface area contributed by atoms with Gasteiger partial charge in [0.1, 0.15) is 0 Å². The van der Waals surface area contributed by atoms with Crippen LogP contribution in [0.25, 0.3) is 22.0 Å². The molecule has 1 heterocycles. The van der Waals surface area contributed by atoms with E-state index >= 15 is 0 Å². The largest absolute Gasteiger partial charge is 0.481 e. The molecule has 2 aliphatic carbocycles. The molecule has 0 aliphatic heterocycles. The third-order valence-electron chi connectivity index (χ3n) is 7.72. The van der Waals surface area contributed by atoms with Gasteiger partial charge in [-0.1, -0.05) is 66.7 Å². The van der Waals surface area contributed by atoms with Crippen molar-refractivity contribution in [2.24, 2.45) is 11.3 Å². The molecule has 2 aliphatic rings. The summed E-state index contributed by atoms with van der Waals surface area (Å²) in [7, 11) is 0. The lowest BCUT2D eigenvalue weighted by molar-refractivity contribution is -0.155. The maximum absolute atomic E-state index is 13.5. The third kappa shape index (κ3) is 3.87. The molecular formula is C30H29N3O3. The third-order valence-corrected chi connectivity index (χ3v) is 7.72. The second-order valence-electron chi connectivity index (χ2n) is 10.1. The van der Waals surface area contributed by atoms with Gasteiger partial charge in [0.2, 0.25) is 0 Å². The molecule has 6 rings (SSSR count). The predicted octanol–water partition coefficient (Wildman–Crippen LogP) is 5.69. The Labute approximate surface area is 215 Å². The number of benzene rings is 3. The van der Waals surface area contributed by atoms with Gasteiger partial charge >= 0.3 is 5.97 Å². The minimum atomic E-state index is -2.81. The zero-order valence-electron chi connectivity index (χ0n) is 23.6. The minimum Gasteiger partial charge on any atom is -0.481 e. The Hall–Kier alpha value is -3.93. The summed E-state index contributed by atoms with van der Waals surface area (Å²) in [5.74, 6) is -1.43. The average molecular weight is 484 g/mol. The van der Waals surface area contributed by atoms with Gasteiger partial charge in [-0.3, -0.25) is 14.3 Å². The lowest BCUT2D eigenvalue weighted by Crippen LogP contribution is -2.57. The molecule has 2 fully saturated rings. The Kier molecular flexibility index (Phi) is 4.40. The Bertz CT molecular complexity index is 1590. The molecule has 6 heteroatoms. The molecule has 3 aromatic carbocycles. The van der Waals surface area contributed by atoms with E-state index in [0.717, 1.165) is 28.7 Å². The molecular weight excluding hydrogens is 450 g/mol. The Morgan fingerprint density at radius 2 is 1.75 bits per heavy atom. The van der Waals surface area contributed by atoms with E-state index in [1.54, 1.807) is 42.5 Å². The number of hydrogen-bond donors (Lipinski definition) is 2. The first-order valence-corrected chi connectivity index (χ1v) is 12.2. The number of aromatic nitrogens is 2. The number of nitrogens with one attached hydrogen (secondary N) is 1. The van der Waals surface area contributed by atoms with E-state index in [0.29, 0.717) is 18.2 Å². The first-order valence-electron chi connectivity index (χ1n) is 14.2. The van der Waals surface area contributed by atoms with Crippen molar-refractivity contribution in [3.05, 3.63) is 90.1 Å². The summed E-state index contributed by atoms with van der Waals surface area (Å²) >= 11 is 0. The van der Waals surface area contributed by atoms with Gasteiger partial charge in [-0.15, -0.1) is 0 Å². The highest BCUT2D eigenvalue weighted by Gasteiger charge is 2.55. The first kappa shape index (κ1) is 18.4. The van der Waals surface area contributed by atoms with Crippen LogP contribution in [0.3, 0.4) is 0 Å². The van der Waals surface area contributed by atoms with E-state index in [9.17, 15) is 16.1 Å². The average Bonchev–Trinajstić information content (AvgIpc) is 3.33. The Balaban J connectivity index is 1.32. The van der Waals surface area contributed by atoms with Crippen LogP contribution in [0, 0.1) is 11.3 Å². The summed E-state index contributed by atoms with van der Waals surface area (Å²) in [6.45, 7) is -2.81. The molecule has 0 radical (unpaired) electrons. The van der Waals surface area contributed by atoms with E-state index in [2.05, 4.69) is 10.4 Å². The van der Waals surface area contributed by atoms with Crippen LogP contribution in [0.15, 0.2) is 79.0 Å². The Morgan fingerprint density at radius 3 is 2.44 bits per heavy atom. The van der Waals surface area contributed by atoms with Crippen LogP contribution in [0.4, 0.5) is 0 Å². The number of carbonyl (C=O) groups excluding carboxylic acids is 1. The van der Waals surface area contributed by atoms with E-state index < -0.39 is 18.8 Å². The maximum atomic E-state index is 13.5. The van der Waals surface area contributed by atoms with Crippen molar-refractivity contribution in [2.45, 2.75) is 44.6 Å². The zero-order chi connectivity index (χ0) is 28.3. The molecule has 1 atom stereocenters. The lowest BCUT2D eigenvalue weighted by atomic mass is 9.50. The van der Waals surface area contributed by atoms with Crippen LogP contribution in [0.1, 0.15) is 60.0 Å². The summed E-state index contributed by atoms with van der Waals surface area (Å²) in [4.78, 5) is 24.7. The van der Waals surface area contributed by atoms with Crippen molar-refractivity contribution in [3.8, 4) is 11.1 Å². The number of carboxylic acid groups (broad SMARTS) is 1. The molecule has 0 saturated heterocycles. The number of aliphatic carboxylic acids is 1. The molecule has 36 heavy (non-hydrogen) atoms. The van der Waals surface area contributed by atoms with Gasteiger partial charge in [0.25, 0.3) is 5.91 Å². The first-order chi connectivity index (χ1) is 19.0. The standard InChI is InChI=1S/C30H29N3O3/c1-19(20-10-12-22(13-11-20)21-6-3-2-4-7-21)33-27-23(18-31-33)8-5-9-26(27)28(34)32-25-16-30(17-25)14-24(15-30)29(35)36/h2-13,18-19,24-25H,14-17H2,1H3,(H,32,34)(H,35,36)/i1D3,19D. The summed E-state index contributed by atoms with van der Waals surface area (Å²) in [5.41, 5.74) is 2.61. The second-order valence-corrected chi connectivity index (χ2v) is 10.1. The molecule has 2 saturated carbocycles. The quantitative estimate of drug-likeness (QED) is 0.369. The summed E-state index contributed by atoms with van der Waals surface area (Å²) in [6.07, 6.45) is 4.21. The smallest absolute Gasteiger partial charge is 0.306 e. The fraction of sp³-hybridized carbons (Fsp3) is 0.300. The highest BCUT2D eigenvalue weighted by atomic mass is 16.4. The van der Waals surface area contributed by atoms with E-state index in [4.69, 9.17) is 4.11 Å². The fourth-order valence-electron chi connectivity index (χ4n) is 5.85. The van der Waals surface area contributed by atoms with Crippen molar-refractivity contribution in [3.63, 3.8) is 0 Å². The normalized spacial score (nSPS) is 26.4. The van der Waals surface area contributed by atoms with Crippen LogP contribution >= 0.6 is 0 Å². The highest BCUT2D eigenvalue weighted by Crippen LogP contribution is 2.58. The number of carboxylic acids is 1. The van der Waals surface area contributed by atoms with Crippen molar-refractivity contribution in [2.75, 3.05) is 0 Å². The number of fused-ring (bicyclic) bond motifs is 1. The minimum absolute atomic E-state index is 0.00170. The maximum Gasteiger partial charge on any atom is 0.306 e. The van der Waals surface area contributed by atoms with Crippen molar-refractivity contribution >= 4 is 22.8 Å². The number of para-hydroxylation sites is 1. The number of nitrogens with zero attached hydrogens (tertiary/aromatic N) is 2. The van der Waals surface area contributed by atoms with Gasteiger partial charge in [-0.05, 0) is 60.7 Å². The summed E-state index contributed by atoms with van der Waals surface area (Å²) in [5, 5.41) is 17.1. The van der Waals surface area contributed by atoms with E-state index in [1.807, 2.05) is 30.3 Å². The number of carbonyl (C=O) groups is 2. The van der Waals surface area contributed by atoms with Crippen LogP contribution in [0.5, 0.6) is 0 Å². The van der Waals surface area contributed by atoms with Gasteiger partial charge in [-0.25, -0.2) is 0 Å². The van der Waals surface area contributed by atoms with E-state index in [1.165, 1.54) is 6.20 Å². The topological polar surface area (TPSA) is 84.2 Å². The van der Waals surface area contributed by atoms with E-state index in [-0.39, 0.29) is 39.9 Å². The van der Waals surface area contributed by atoms with Crippen molar-refractivity contribution in [1.29, 1.82) is 0 Å². The van der Waals surface area contributed by atoms with Gasteiger partial charge in [0.15, 0.2) is 0 Å². The van der Waals surface area contributed by atoms with Crippen LogP contribution in [0.2, 0.25) is 0 Å². The van der Waals surface area contributed by atoms with Gasteiger partial charge in [-0.2, -0.15) is 5.10 Å². The summed E-state index contributed by atoms with van der Waals surface area (Å²) < 4.78 is 35.6. The molecule has 182 valence electrons. The molecule has 1 unspecified atom stereocenters. The SMILES string of the molecule is [2H]C([2H])([2H])C([2H])(c1ccc(-c2ccccc2)cc1)n1ncc2cccc(C(=O)NC3CC4(C3)CC(C(=O)O)C4)c21. The number of amides is 1. The predicted molar refractivity (Wildman–Crippen MR) is 139 cm³/mol. The molecule has 1 spiro atoms. The van der Waals surface area contributed by atoms with Crippen LogP contribution in [-0.4, -0.2) is 32.8 Å². The van der Waals surface area contributed by atoms with Gasteiger partial charge < -0.3 is 10.4 Å². The van der Waals surface area contributed by atoms with Gasteiger partial charge in [0, 0.05) is 15.5 Å². The lowest BCUT2D eigenvalue weighted by Gasteiger charge is -2.56. The number of hydrogen-bond acceptors (Lipinski definition) is 3. The zero-order valence-corrected chi connectivity index (χ0v) is 19.6. The fourth-order valence-corrected chi connectivity index (χ4v) is 5.85. The second kappa shape index (κ2) is 8.63. The molecule has 1 amide bonds. The van der Waals surface area contributed by atoms with Crippen molar-refractivity contribution < 1.29 is 20.2 Å². The van der Waals surface area contributed by atoms with Crippen LogP contribution in [-0.2, 0) is 4.79 Å². The van der Waals surface area contributed by atoms with Crippen LogP contribution < -0.4 is 5.32 Å². The molecule has 1 aromatic heterocycles. The molecule has 4 aromatic rings.